The standard InChI is InChI=1S/C25H29FN2O3/c1-3-22(24(29)27-4-2)31-20-11-10-16-12-13-28(25(30)17-8-9-17)23(21(16)15-20)18-6-5-7-19(26)14-18/h5-7,10-11,14-15,17,22-23H,3-4,8-9,12-13H2,1-2H3,(H,27,29)/t22-,23-/m1/s1. The molecule has 0 spiro atoms. The number of nitrogens with one attached hydrogen (secondary N) is 1. The van der Waals surface area contributed by atoms with E-state index in [1.54, 1.807) is 6.07 Å². The van der Waals surface area contributed by atoms with Crippen LogP contribution in [0, 0.1) is 11.7 Å². The third kappa shape index (κ3) is 4.58. The van der Waals surface area contributed by atoms with E-state index < -0.39 is 6.10 Å². The quantitative estimate of drug-likeness (QED) is 0.731. The number of amides is 2. The van der Waals surface area contributed by atoms with Crippen molar-refractivity contribution in [2.24, 2.45) is 5.92 Å². The summed E-state index contributed by atoms with van der Waals surface area (Å²) < 4.78 is 20.1. The molecule has 6 heteroatoms. The largest absolute Gasteiger partial charge is 0.481 e. The number of carbonyl (C=O) groups is 2. The van der Waals surface area contributed by atoms with Crippen LogP contribution in [0.4, 0.5) is 4.39 Å². The molecule has 0 radical (unpaired) electrons. The molecule has 1 N–H and O–H groups in total. The van der Waals surface area contributed by atoms with Gasteiger partial charge in [-0.05, 0) is 73.6 Å². The van der Waals surface area contributed by atoms with E-state index in [0.29, 0.717) is 25.3 Å². The summed E-state index contributed by atoms with van der Waals surface area (Å²) in [6.45, 7) is 4.94. The SMILES string of the molecule is CCNC(=O)[C@@H](CC)Oc1ccc2c(c1)[C@@H](c1cccc(F)c1)N(C(=O)C1CC1)CC2. The summed E-state index contributed by atoms with van der Waals surface area (Å²) in [5.41, 5.74) is 2.81. The zero-order valence-electron chi connectivity index (χ0n) is 18.1. The summed E-state index contributed by atoms with van der Waals surface area (Å²) in [5, 5.41) is 2.80. The van der Waals surface area contributed by atoms with E-state index in [4.69, 9.17) is 4.74 Å². The van der Waals surface area contributed by atoms with Crippen LogP contribution in [0.5, 0.6) is 5.75 Å². The number of ether oxygens (including phenoxy) is 1. The summed E-state index contributed by atoms with van der Waals surface area (Å²) >= 11 is 0. The molecule has 0 unspecified atom stereocenters. The predicted octanol–water partition coefficient (Wildman–Crippen LogP) is 4.00. The zero-order valence-corrected chi connectivity index (χ0v) is 18.1. The Morgan fingerprint density at radius 1 is 1.19 bits per heavy atom. The van der Waals surface area contributed by atoms with Gasteiger partial charge < -0.3 is 15.0 Å². The lowest BCUT2D eigenvalue weighted by atomic mass is 9.87. The van der Waals surface area contributed by atoms with E-state index in [2.05, 4.69) is 5.32 Å². The van der Waals surface area contributed by atoms with Crippen LogP contribution in [0.2, 0.25) is 0 Å². The second-order valence-electron chi connectivity index (χ2n) is 8.28. The Balaban J connectivity index is 1.70. The van der Waals surface area contributed by atoms with E-state index in [1.807, 2.05) is 43.0 Å². The van der Waals surface area contributed by atoms with Crippen LogP contribution in [-0.4, -0.2) is 35.9 Å². The molecule has 2 atom stereocenters. The molecule has 2 aliphatic rings. The average Bonchev–Trinajstić information content (AvgIpc) is 3.61. The van der Waals surface area contributed by atoms with Gasteiger partial charge in [0.2, 0.25) is 5.91 Å². The highest BCUT2D eigenvalue weighted by Gasteiger charge is 2.39. The molecule has 164 valence electrons. The monoisotopic (exact) mass is 424 g/mol. The summed E-state index contributed by atoms with van der Waals surface area (Å²) in [5.74, 6) is 0.339. The Bertz CT molecular complexity index is 973. The van der Waals surface area contributed by atoms with E-state index >= 15 is 0 Å². The number of hydrogen-bond donors (Lipinski definition) is 1. The second-order valence-corrected chi connectivity index (χ2v) is 8.28. The number of fused-ring (bicyclic) bond motifs is 1. The molecule has 2 aromatic rings. The number of halogens is 1. The number of nitrogens with zero attached hydrogens (tertiary/aromatic N) is 1. The normalized spacial score (nSPS) is 18.8. The minimum atomic E-state index is -0.585. The number of hydrogen-bond acceptors (Lipinski definition) is 3. The highest BCUT2D eigenvalue weighted by molar-refractivity contribution is 5.82. The van der Waals surface area contributed by atoms with Crippen LogP contribution in [-0.2, 0) is 16.0 Å². The fraction of sp³-hybridized carbons (Fsp3) is 0.440. The highest BCUT2D eigenvalue weighted by atomic mass is 19.1. The first-order valence-electron chi connectivity index (χ1n) is 11.1. The Morgan fingerprint density at radius 3 is 2.68 bits per heavy atom. The predicted molar refractivity (Wildman–Crippen MR) is 116 cm³/mol. The zero-order chi connectivity index (χ0) is 22.0. The molecule has 1 saturated carbocycles. The van der Waals surface area contributed by atoms with Crippen molar-refractivity contribution >= 4 is 11.8 Å². The molecule has 2 aromatic carbocycles. The summed E-state index contributed by atoms with van der Waals surface area (Å²) in [6, 6.07) is 11.9. The van der Waals surface area contributed by atoms with Gasteiger partial charge in [-0.15, -0.1) is 0 Å². The Kier molecular flexibility index (Phi) is 6.25. The van der Waals surface area contributed by atoms with Gasteiger partial charge in [-0.3, -0.25) is 9.59 Å². The molecule has 2 amide bonds. The lowest BCUT2D eigenvalue weighted by Gasteiger charge is -2.38. The lowest BCUT2D eigenvalue weighted by Crippen LogP contribution is -2.41. The van der Waals surface area contributed by atoms with E-state index in [0.717, 1.165) is 36.0 Å². The van der Waals surface area contributed by atoms with Crippen LogP contribution >= 0.6 is 0 Å². The van der Waals surface area contributed by atoms with Crippen LogP contribution in [0.25, 0.3) is 0 Å². The minimum Gasteiger partial charge on any atom is -0.481 e. The molecule has 4 rings (SSSR count). The van der Waals surface area contributed by atoms with Crippen molar-refractivity contribution in [1.29, 1.82) is 0 Å². The number of likely N-dealkylation sites (N-methyl/N-ethyl adjacent to an activating group) is 1. The van der Waals surface area contributed by atoms with Crippen LogP contribution < -0.4 is 10.1 Å². The van der Waals surface area contributed by atoms with Gasteiger partial charge in [-0.1, -0.05) is 25.1 Å². The van der Waals surface area contributed by atoms with Crippen LogP contribution in [0.1, 0.15) is 55.8 Å². The molecule has 5 nitrogen and oxygen atoms in total. The average molecular weight is 425 g/mol. The fourth-order valence-corrected chi connectivity index (χ4v) is 4.28. The van der Waals surface area contributed by atoms with Crippen molar-refractivity contribution < 1.29 is 18.7 Å². The first-order chi connectivity index (χ1) is 15.0. The molecular weight excluding hydrogens is 395 g/mol. The van der Waals surface area contributed by atoms with Crippen LogP contribution in [0.3, 0.4) is 0 Å². The van der Waals surface area contributed by atoms with Crippen molar-refractivity contribution in [1.82, 2.24) is 10.2 Å². The number of carbonyl (C=O) groups excluding carboxylic acids is 2. The van der Waals surface area contributed by atoms with Gasteiger partial charge in [0.25, 0.3) is 5.91 Å². The van der Waals surface area contributed by atoms with Gasteiger partial charge in [0.1, 0.15) is 11.6 Å². The van der Waals surface area contributed by atoms with Gasteiger partial charge in [0, 0.05) is 19.0 Å². The maximum Gasteiger partial charge on any atom is 0.261 e. The first-order valence-corrected chi connectivity index (χ1v) is 11.1. The number of benzene rings is 2. The van der Waals surface area contributed by atoms with Crippen molar-refractivity contribution in [3.63, 3.8) is 0 Å². The Labute approximate surface area is 182 Å². The molecule has 0 aromatic heterocycles. The third-order valence-corrected chi connectivity index (χ3v) is 6.01. The maximum atomic E-state index is 14.1. The summed E-state index contributed by atoms with van der Waals surface area (Å²) in [6.07, 6.45) is 2.55. The molecule has 31 heavy (non-hydrogen) atoms. The smallest absolute Gasteiger partial charge is 0.261 e. The van der Waals surface area contributed by atoms with Gasteiger partial charge in [0.15, 0.2) is 6.10 Å². The van der Waals surface area contributed by atoms with Crippen LogP contribution in [0.15, 0.2) is 42.5 Å². The Morgan fingerprint density at radius 2 is 2.00 bits per heavy atom. The van der Waals surface area contributed by atoms with Crippen molar-refractivity contribution in [2.75, 3.05) is 13.1 Å². The highest BCUT2D eigenvalue weighted by Crippen LogP contribution is 2.41. The molecular formula is C25H29FN2O3. The van der Waals surface area contributed by atoms with Crippen molar-refractivity contribution in [2.45, 2.75) is 51.7 Å². The molecule has 1 aliphatic heterocycles. The van der Waals surface area contributed by atoms with Gasteiger partial charge in [-0.25, -0.2) is 4.39 Å². The fourth-order valence-electron chi connectivity index (χ4n) is 4.28. The molecule has 1 aliphatic carbocycles. The minimum absolute atomic E-state index is 0.0826. The topological polar surface area (TPSA) is 58.6 Å². The molecule has 0 saturated heterocycles. The summed E-state index contributed by atoms with van der Waals surface area (Å²) in [7, 11) is 0. The third-order valence-electron chi connectivity index (χ3n) is 6.01. The second kappa shape index (κ2) is 9.08. The molecule has 0 bridgehead atoms. The van der Waals surface area contributed by atoms with Gasteiger partial charge in [0.05, 0.1) is 6.04 Å². The van der Waals surface area contributed by atoms with E-state index in [1.165, 1.54) is 12.1 Å². The van der Waals surface area contributed by atoms with Gasteiger partial charge in [-0.2, -0.15) is 0 Å². The van der Waals surface area contributed by atoms with E-state index in [9.17, 15) is 14.0 Å². The van der Waals surface area contributed by atoms with Crippen molar-refractivity contribution in [3.8, 4) is 5.75 Å². The first kappa shape index (κ1) is 21.3. The lowest BCUT2D eigenvalue weighted by molar-refractivity contribution is -0.134. The summed E-state index contributed by atoms with van der Waals surface area (Å²) in [4.78, 5) is 27.2. The number of rotatable bonds is 7. The molecule has 1 fully saturated rings. The van der Waals surface area contributed by atoms with E-state index in [-0.39, 0.29) is 29.6 Å². The maximum absolute atomic E-state index is 14.1. The Hall–Kier alpha value is -2.89. The molecule has 1 heterocycles. The van der Waals surface area contributed by atoms with Gasteiger partial charge >= 0.3 is 0 Å². The van der Waals surface area contributed by atoms with Crippen molar-refractivity contribution in [3.05, 3.63) is 65.0 Å².